The summed E-state index contributed by atoms with van der Waals surface area (Å²) in [5, 5.41) is 3.00. The van der Waals surface area contributed by atoms with Crippen LogP contribution < -0.4 is 16.8 Å². The normalized spacial score (nSPS) is 11.0. The van der Waals surface area contributed by atoms with Crippen LogP contribution in [0.2, 0.25) is 10.0 Å². The Balaban J connectivity index is 2.17. The van der Waals surface area contributed by atoms with Crippen LogP contribution in [0.25, 0.3) is 11.0 Å². The minimum absolute atomic E-state index is 0.00315. The molecule has 1 heterocycles. The van der Waals surface area contributed by atoms with Gasteiger partial charge in [-0.3, -0.25) is 0 Å². The third-order valence-electron chi connectivity index (χ3n) is 2.89. The molecule has 2 aromatic carbocycles. The van der Waals surface area contributed by atoms with Crippen LogP contribution in [0.3, 0.4) is 0 Å². The molecule has 3 aromatic rings. The van der Waals surface area contributed by atoms with Crippen LogP contribution in [0.4, 0.5) is 27.1 Å². The van der Waals surface area contributed by atoms with E-state index >= 15 is 0 Å². The minimum atomic E-state index is -0.745. The molecule has 0 radical (unpaired) electrons. The molecule has 0 fully saturated rings. The third kappa shape index (κ3) is 2.33. The molecule has 0 aliphatic heterocycles. The number of fused-ring (bicyclic) bond motifs is 1. The molecular weight excluding hydrogens is 336 g/mol. The van der Waals surface area contributed by atoms with Gasteiger partial charge in [-0.05, 0) is 18.2 Å². The number of aromatic nitrogens is 2. The summed E-state index contributed by atoms with van der Waals surface area (Å²) in [6.07, 6.45) is 0. The van der Waals surface area contributed by atoms with E-state index in [1.165, 1.54) is 6.07 Å². The zero-order valence-corrected chi connectivity index (χ0v) is 12.7. The molecular formula is C12H8Cl2FN5S. The molecule has 0 saturated heterocycles. The van der Waals surface area contributed by atoms with Gasteiger partial charge in [-0.15, -0.1) is 0 Å². The smallest absolute Gasteiger partial charge is 0.169 e. The van der Waals surface area contributed by atoms with E-state index in [0.29, 0.717) is 21.7 Å². The first-order valence-electron chi connectivity index (χ1n) is 5.69. The van der Waals surface area contributed by atoms with Gasteiger partial charge in [0.05, 0.1) is 39.5 Å². The van der Waals surface area contributed by atoms with Gasteiger partial charge in [0.15, 0.2) is 5.82 Å². The molecule has 3 rings (SSSR count). The van der Waals surface area contributed by atoms with Gasteiger partial charge in [-0.1, -0.05) is 23.2 Å². The van der Waals surface area contributed by atoms with Crippen molar-refractivity contribution in [1.29, 1.82) is 0 Å². The number of hydrogen-bond acceptors (Lipinski definition) is 6. The summed E-state index contributed by atoms with van der Waals surface area (Å²) < 4.78 is 22.5. The van der Waals surface area contributed by atoms with Crippen molar-refractivity contribution in [2.24, 2.45) is 0 Å². The van der Waals surface area contributed by atoms with Crippen LogP contribution in [0.15, 0.2) is 18.2 Å². The van der Waals surface area contributed by atoms with Gasteiger partial charge in [0.25, 0.3) is 0 Å². The van der Waals surface area contributed by atoms with Crippen LogP contribution in [-0.2, 0) is 0 Å². The van der Waals surface area contributed by atoms with Crippen molar-refractivity contribution in [3.63, 3.8) is 0 Å². The second-order valence-electron chi connectivity index (χ2n) is 4.24. The largest absolute Gasteiger partial charge is 0.397 e. The molecule has 1 aromatic heterocycles. The van der Waals surface area contributed by atoms with E-state index in [9.17, 15) is 4.39 Å². The van der Waals surface area contributed by atoms with Gasteiger partial charge in [0.2, 0.25) is 0 Å². The lowest BCUT2D eigenvalue weighted by molar-refractivity contribution is 0.633. The predicted octanol–water partition coefficient (Wildman–Crippen LogP) is 4.05. The zero-order valence-electron chi connectivity index (χ0n) is 10.3. The summed E-state index contributed by atoms with van der Waals surface area (Å²) in [6, 6.07) is 4.74. The average Bonchev–Trinajstić information content (AvgIpc) is 2.91. The van der Waals surface area contributed by atoms with E-state index in [1.54, 1.807) is 12.1 Å². The number of nitrogen functional groups attached to an aromatic ring is 2. The Labute approximate surface area is 133 Å². The highest BCUT2D eigenvalue weighted by Gasteiger charge is 2.17. The standard InChI is InChI=1S/C12H8Cl2FN5S/c13-4-1-2-7-12(20-21-19-7)10(4)18-11-6(17)3-5(16)8(14)9(11)15/h1-3,18H,16-17H2. The van der Waals surface area contributed by atoms with Gasteiger partial charge >= 0.3 is 0 Å². The summed E-state index contributed by atoms with van der Waals surface area (Å²) in [6.45, 7) is 0. The Bertz CT molecular complexity index is 851. The van der Waals surface area contributed by atoms with Gasteiger partial charge in [-0.25, -0.2) is 4.39 Å². The van der Waals surface area contributed by atoms with Crippen molar-refractivity contribution in [2.75, 3.05) is 16.8 Å². The van der Waals surface area contributed by atoms with Crippen LogP contribution in [0.1, 0.15) is 0 Å². The van der Waals surface area contributed by atoms with Crippen molar-refractivity contribution in [3.05, 3.63) is 34.1 Å². The zero-order chi connectivity index (χ0) is 15.1. The van der Waals surface area contributed by atoms with Gasteiger partial charge in [0.1, 0.15) is 16.1 Å². The van der Waals surface area contributed by atoms with Crippen molar-refractivity contribution in [2.45, 2.75) is 0 Å². The number of nitrogens with zero attached hydrogens (tertiary/aromatic N) is 2. The molecule has 0 saturated carbocycles. The van der Waals surface area contributed by atoms with Crippen molar-refractivity contribution in [1.82, 2.24) is 8.75 Å². The summed E-state index contributed by atoms with van der Waals surface area (Å²) in [5.74, 6) is -0.745. The topological polar surface area (TPSA) is 89.8 Å². The second-order valence-corrected chi connectivity index (χ2v) is 5.55. The van der Waals surface area contributed by atoms with Crippen LogP contribution in [0.5, 0.6) is 0 Å². The first-order valence-corrected chi connectivity index (χ1v) is 7.18. The lowest BCUT2D eigenvalue weighted by Crippen LogP contribution is -2.03. The van der Waals surface area contributed by atoms with E-state index in [2.05, 4.69) is 14.1 Å². The van der Waals surface area contributed by atoms with Crippen LogP contribution in [-0.4, -0.2) is 8.75 Å². The summed E-state index contributed by atoms with van der Waals surface area (Å²) in [7, 11) is 0. The fraction of sp³-hybridized carbons (Fsp3) is 0. The Kier molecular flexibility index (Phi) is 3.48. The Morgan fingerprint density at radius 2 is 1.86 bits per heavy atom. The molecule has 0 aliphatic carbocycles. The molecule has 5 N–H and O–H groups in total. The molecule has 0 unspecified atom stereocenters. The lowest BCUT2D eigenvalue weighted by Gasteiger charge is -2.14. The molecule has 0 aliphatic rings. The van der Waals surface area contributed by atoms with E-state index in [4.69, 9.17) is 34.7 Å². The highest BCUT2D eigenvalue weighted by molar-refractivity contribution is 7.00. The Morgan fingerprint density at radius 1 is 1.10 bits per heavy atom. The van der Waals surface area contributed by atoms with Gasteiger partial charge < -0.3 is 16.8 Å². The van der Waals surface area contributed by atoms with Crippen molar-refractivity contribution in [3.8, 4) is 0 Å². The summed E-state index contributed by atoms with van der Waals surface area (Å²) >= 11 is 13.0. The second kappa shape index (κ2) is 5.18. The molecule has 0 amide bonds. The minimum Gasteiger partial charge on any atom is -0.397 e. The van der Waals surface area contributed by atoms with Crippen LogP contribution in [0, 0.1) is 5.82 Å². The molecule has 108 valence electrons. The maximum absolute atomic E-state index is 14.2. The molecule has 0 bridgehead atoms. The summed E-state index contributed by atoms with van der Waals surface area (Å²) in [4.78, 5) is 0. The fourth-order valence-corrected chi connectivity index (χ4v) is 2.76. The SMILES string of the molecule is Nc1cc(N)c(Nc2c(Cl)ccc3nsnc23)c(F)c1Cl. The fourth-order valence-electron chi connectivity index (χ4n) is 1.86. The number of benzene rings is 2. The lowest BCUT2D eigenvalue weighted by atomic mass is 10.2. The Hall–Kier alpha value is -1.83. The molecule has 21 heavy (non-hydrogen) atoms. The predicted molar refractivity (Wildman–Crippen MR) is 85.9 cm³/mol. The molecule has 5 nitrogen and oxygen atoms in total. The van der Waals surface area contributed by atoms with Crippen LogP contribution >= 0.6 is 34.9 Å². The first kappa shape index (κ1) is 14.1. The average molecular weight is 344 g/mol. The highest BCUT2D eigenvalue weighted by Crippen LogP contribution is 2.39. The van der Waals surface area contributed by atoms with Crippen molar-refractivity contribution < 1.29 is 4.39 Å². The molecule has 0 spiro atoms. The highest BCUT2D eigenvalue weighted by atomic mass is 35.5. The number of nitrogens with one attached hydrogen (secondary N) is 1. The van der Waals surface area contributed by atoms with Gasteiger partial charge in [0, 0.05) is 0 Å². The molecule has 9 heteroatoms. The number of halogens is 3. The van der Waals surface area contributed by atoms with E-state index in [0.717, 1.165) is 11.7 Å². The van der Waals surface area contributed by atoms with E-state index < -0.39 is 5.82 Å². The van der Waals surface area contributed by atoms with Crippen molar-refractivity contribution >= 4 is 68.7 Å². The maximum Gasteiger partial charge on any atom is 0.169 e. The number of hydrogen-bond donors (Lipinski definition) is 3. The summed E-state index contributed by atoms with van der Waals surface area (Å²) in [5.41, 5.74) is 13.1. The van der Waals surface area contributed by atoms with E-state index in [-0.39, 0.29) is 22.1 Å². The number of anilines is 4. The van der Waals surface area contributed by atoms with E-state index in [1.807, 2.05) is 0 Å². The monoisotopic (exact) mass is 343 g/mol. The Morgan fingerprint density at radius 3 is 2.62 bits per heavy atom. The van der Waals surface area contributed by atoms with Gasteiger partial charge in [-0.2, -0.15) is 8.75 Å². The first-order chi connectivity index (χ1) is 9.99. The third-order valence-corrected chi connectivity index (χ3v) is 4.13. The molecule has 0 atom stereocenters. The maximum atomic E-state index is 14.2. The number of rotatable bonds is 2. The quantitative estimate of drug-likeness (QED) is 0.610. The number of nitrogens with two attached hydrogens (primary N) is 2.